The first-order chi connectivity index (χ1) is 11.0. The van der Waals surface area contributed by atoms with E-state index >= 15 is 0 Å². The number of likely N-dealkylation sites (tertiary alicyclic amines) is 1. The summed E-state index contributed by atoms with van der Waals surface area (Å²) in [4.78, 5) is 47.7. The molecule has 0 aromatic rings. The second kappa shape index (κ2) is 10.6. The fourth-order valence-electron chi connectivity index (χ4n) is 2.14. The van der Waals surface area contributed by atoms with Crippen LogP contribution in [0, 0.1) is 0 Å². The van der Waals surface area contributed by atoms with Gasteiger partial charge in [-0.25, -0.2) is 4.79 Å². The number of hydrogen-bond acceptors (Lipinski definition) is 5. The van der Waals surface area contributed by atoms with Gasteiger partial charge in [0.1, 0.15) is 6.54 Å². The molecule has 0 aliphatic carbocycles. The molecule has 0 unspecified atom stereocenters. The first-order valence-corrected chi connectivity index (χ1v) is 8.04. The molecule has 8 heteroatoms. The number of carbonyl (C=O) groups is 4. The van der Waals surface area contributed by atoms with Gasteiger partial charge in [-0.05, 0) is 19.3 Å². The highest BCUT2D eigenvalue weighted by molar-refractivity contribution is 5.95. The van der Waals surface area contributed by atoms with Gasteiger partial charge >= 0.3 is 12.0 Å². The van der Waals surface area contributed by atoms with E-state index in [0.29, 0.717) is 19.5 Å². The maximum absolute atomic E-state index is 11.7. The SMILES string of the molecule is CCCCNC(=O)NC(=O)COC(=O)CN1CCCCCC1=O. The van der Waals surface area contributed by atoms with E-state index in [1.165, 1.54) is 4.90 Å². The Morgan fingerprint density at radius 2 is 2.00 bits per heavy atom. The van der Waals surface area contributed by atoms with Gasteiger partial charge in [-0.1, -0.05) is 19.8 Å². The van der Waals surface area contributed by atoms with Crippen LogP contribution in [0.25, 0.3) is 0 Å². The molecule has 1 fully saturated rings. The Hall–Kier alpha value is -2.12. The standard InChI is InChI=1S/C15H25N3O5/c1-2-3-8-16-15(22)17-12(19)11-23-14(21)10-18-9-6-4-5-7-13(18)20/h2-11H2,1H3,(H2,16,17,19,22). The number of carbonyl (C=O) groups excluding carboxylic acids is 4. The maximum atomic E-state index is 11.7. The summed E-state index contributed by atoms with van der Waals surface area (Å²) in [5.41, 5.74) is 0. The van der Waals surface area contributed by atoms with Gasteiger partial charge in [-0.15, -0.1) is 0 Å². The largest absolute Gasteiger partial charge is 0.454 e. The molecule has 1 rings (SSSR count). The van der Waals surface area contributed by atoms with Crippen molar-refractivity contribution in [2.45, 2.75) is 45.4 Å². The Kier molecular flexibility index (Phi) is 8.71. The third kappa shape index (κ3) is 8.18. The number of ether oxygens (including phenoxy) is 1. The fourth-order valence-corrected chi connectivity index (χ4v) is 2.14. The zero-order valence-corrected chi connectivity index (χ0v) is 13.6. The first kappa shape index (κ1) is 18.9. The minimum Gasteiger partial charge on any atom is -0.454 e. The molecule has 0 radical (unpaired) electrons. The Bertz CT molecular complexity index is 439. The van der Waals surface area contributed by atoms with Crippen molar-refractivity contribution in [3.63, 3.8) is 0 Å². The van der Waals surface area contributed by atoms with Crippen molar-refractivity contribution >= 4 is 23.8 Å². The number of rotatable bonds is 7. The van der Waals surface area contributed by atoms with Gasteiger partial charge in [0.15, 0.2) is 6.61 Å². The van der Waals surface area contributed by atoms with Crippen molar-refractivity contribution in [3.8, 4) is 0 Å². The highest BCUT2D eigenvalue weighted by Gasteiger charge is 2.20. The Balaban J connectivity index is 2.22. The number of amides is 4. The maximum Gasteiger partial charge on any atom is 0.326 e. The molecule has 1 aliphatic heterocycles. The fraction of sp³-hybridized carbons (Fsp3) is 0.733. The number of unbranched alkanes of at least 4 members (excludes halogenated alkanes) is 1. The summed E-state index contributed by atoms with van der Waals surface area (Å²) in [6.07, 6.45) is 4.84. The molecule has 0 aromatic carbocycles. The monoisotopic (exact) mass is 327 g/mol. The topological polar surface area (TPSA) is 105 Å². The van der Waals surface area contributed by atoms with Crippen LogP contribution in [0.15, 0.2) is 0 Å². The van der Waals surface area contributed by atoms with Gasteiger partial charge in [0, 0.05) is 19.5 Å². The van der Waals surface area contributed by atoms with E-state index in [1.54, 1.807) is 0 Å². The summed E-state index contributed by atoms with van der Waals surface area (Å²) in [5.74, 6) is -1.42. The van der Waals surface area contributed by atoms with E-state index in [9.17, 15) is 19.2 Å². The third-order valence-electron chi connectivity index (χ3n) is 3.42. The van der Waals surface area contributed by atoms with E-state index < -0.39 is 24.5 Å². The molecule has 0 aromatic heterocycles. The van der Waals surface area contributed by atoms with Crippen LogP contribution in [0.4, 0.5) is 4.79 Å². The summed E-state index contributed by atoms with van der Waals surface area (Å²) >= 11 is 0. The molecule has 1 saturated heterocycles. The quantitative estimate of drug-likeness (QED) is 0.525. The van der Waals surface area contributed by atoms with Crippen LogP contribution in [0.1, 0.15) is 45.4 Å². The number of esters is 1. The molecule has 2 N–H and O–H groups in total. The lowest BCUT2D eigenvalue weighted by molar-refractivity contribution is -0.152. The van der Waals surface area contributed by atoms with Gasteiger partial charge in [0.25, 0.3) is 5.91 Å². The number of nitrogens with zero attached hydrogens (tertiary/aromatic N) is 1. The van der Waals surface area contributed by atoms with Crippen molar-refractivity contribution < 1.29 is 23.9 Å². The minimum atomic E-state index is -0.699. The molecule has 0 bridgehead atoms. The van der Waals surface area contributed by atoms with Gasteiger partial charge in [0.2, 0.25) is 5.91 Å². The van der Waals surface area contributed by atoms with E-state index in [1.807, 2.05) is 6.92 Å². The van der Waals surface area contributed by atoms with Crippen molar-refractivity contribution in [2.24, 2.45) is 0 Å². The van der Waals surface area contributed by atoms with Crippen LogP contribution in [0.2, 0.25) is 0 Å². The minimum absolute atomic E-state index is 0.0702. The summed E-state index contributed by atoms with van der Waals surface area (Å²) in [5, 5.41) is 4.59. The van der Waals surface area contributed by atoms with Crippen LogP contribution < -0.4 is 10.6 Å². The number of hydrogen-bond donors (Lipinski definition) is 2. The van der Waals surface area contributed by atoms with Crippen LogP contribution in [-0.2, 0) is 19.1 Å². The second-order valence-corrected chi connectivity index (χ2v) is 5.44. The lowest BCUT2D eigenvalue weighted by Gasteiger charge is -2.19. The third-order valence-corrected chi connectivity index (χ3v) is 3.42. The molecule has 0 spiro atoms. The van der Waals surface area contributed by atoms with Gasteiger partial charge < -0.3 is 15.0 Å². The normalized spacial score (nSPS) is 14.8. The van der Waals surface area contributed by atoms with E-state index in [2.05, 4.69) is 10.6 Å². The smallest absolute Gasteiger partial charge is 0.326 e. The molecular formula is C15H25N3O5. The highest BCUT2D eigenvalue weighted by Crippen LogP contribution is 2.10. The average molecular weight is 327 g/mol. The van der Waals surface area contributed by atoms with Gasteiger partial charge in [-0.3, -0.25) is 19.7 Å². The Morgan fingerprint density at radius 3 is 2.74 bits per heavy atom. The van der Waals surface area contributed by atoms with Crippen LogP contribution >= 0.6 is 0 Å². The Labute approximate surface area is 135 Å². The summed E-state index contributed by atoms with van der Waals surface area (Å²) in [6.45, 7) is 2.29. The van der Waals surface area contributed by atoms with Gasteiger partial charge in [-0.2, -0.15) is 0 Å². The molecule has 130 valence electrons. The number of nitrogens with one attached hydrogen (secondary N) is 2. The van der Waals surface area contributed by atoms with Crippen LogP contribution in [0.3, 0.4) is 0 Å². The van der Waals surface area contributed by atoms with Crippen molar-refractivity contribution in [1.82, 2.24) is 15.5 Å². The van der Waals surface area contributed by atoms with Crippen molar-refractivity contribution in [2.75, 3.05) is 26.2 Å². The number of urea groups is 1. The van der Waals surface area contributed by atoms with E-state index in [4.69, 9.17) is 4.74 Å². The lowest BCUT2D eigenvalue weighted by atomic mass is 10.2. The molecule has 1 heterocycles. The van der Waals surface area contributed by atoms with Crippen LogP contribution in [-0.4, -0.2) is 55.0 Å². The van der Waals surface area contributed by atoms with Crippen LogP contribution in [0.5, 0.6) is 0 Å². The summed E-state index contributed by atoms with van der Waals surface area (Å²) < 4.78 is 4.80. The molecule has 23 heavy (non-hydrogen) atoms. The zero-order valence-electron chi connectivity index (χ0n) is 13.6. The molecular weight excluding hydrogens is 302 g/mol. The summed E-state index contributed by atoms with van der Waals surface area (Å²) in [7, 11) is 0. The molecule has 8 nitrogen and oxygen atoms in total. The van der Waals surface area contributed by atoms with Gasteiger partial charge in [0.05, 0.1) is 0 Å². The molecule has 0 saturated carbocycles. The predicted octanol–water partition coefficient (Wildman–Crippen LogP) is 0.558. The molecule has 0 atom stereocenters. The summed E-state index contributed by atoms with van der Waals surface area (Å²) in [6, 6.07) is -0.609. The Morgan fingerprint density at radius 1 is 1.22 bits per heavy atom. The lowest BCUT2D eigenvalue weighted by Crippen LogP contribution is -2.42. The van der Waals surface area contributed by atoms with Crippen molar-refractivity contribution in [3.05, 3.63) is 0 Å². The highest BCUT2D eigenvalue weighted by atomic mass is 16.5. The molecule has 1 aliphatic rings. The van der Waals surface area contributed by atoms with E-state index in [0.717, 1.165) is 32.1 Å². The molecule has 4 amide bonds. The second-order valence-electron chi connectivity index (χ2n) is 5.44. The average Bonchev–Trinajstić information content (AvgIpc) is 2.70. The predicted molar refractivity (Wildman–Crippen MR) is 82.5 cm³/mol. The van der Waals surface area contributed by atoms with E-state index in [-0.39, 0.29) is 12.5 Å². The zero-order chi connectivity index (χ0) is 17.1. The number of imide groups is 1. The van der Waals surface area contributed by atoms with Crippen molar-refractivity contribution in [1.29, 1.82) is 0 Å². The first-order valence-electron chi connectivity index (χ1n) is 8.04.